The molecular formula is C22H36N4O2. The Kier molecular flexibility index (Phi) is 7.57. The highest BCUT2D eigenvalue weighted by molar-refractivity contribution is 5.79. The zero-order valence-electron chi connectivity index (χ0n) is 17.7. The number of nitrogens with one attached hydrogen (secondary N) is 2. The average Bonchev–Trinajstić information content (AvgIpc) is 3.26. The van der Waals surface area contributed by atoms with E-state index in [0.29, 0.717) is 13.2 Å². The minimum Gasteiger partial charge on any atom is -0.494 e. The molecule has 0 amide bonds. The number of rotatable bonds is 7. The van der Waals surface area contributed by atoms with Gasteiger partial charge in [-0.1, -0.05) is 12.1 Å². The van der Waals surface area contributed by atoms with Gasteiger partial charge in [0.05, 0.1) is 6.61 Å². The Morgan fingerprint density at radius 3 is 2.64 bits per heavy atom. The molecule has 0 spiro atoms. The molecule has 1 aromatic carbocycles. The van der Waals surface area contributed by atoms with Crippen molar-refractivity contribution in [2.75, 3.05) is 46.5 Å². The number of aryl methyl sites for hydroxylation is 1. The molecule has 3 rings (SSSR count). The fraction of sp³-hybridized carbons (Fsp3) is 0.682. The fourth-order valence-corrected chi connectivity index (χ4v) is 4.29. The van der Waals surface area contributed by atoms with Crippen molar-refractivity contribution < 1.29 is 9.47 Å². The molecule has 2 aliphatic heterocycles. The molecule has 2 heterocycles. The Labute approximate surface area is 169 Å². The minimum atomic E-state index is 0.187. The Bertz CT molecular complexity index is 650. The molecule has 1 aromatic rings. The van der Waals surface area contributed by atoms with Gasteiger partial charge in [0.2, 0.25) is 0 Å². The standard InChI is InChI=1S/C22H36N4O2/c1-4-28-20-15-18(2)7-8-19(20)16-24-21(23-3)25-17-22(9-13-27-14-10-22)26-11-5-6-12-26/h7-8,15H,4-6,9-14,16-17H2,1-3H3,(H2,23,24,25). The van der Waals surface area contributed by atoms with Gasteiger partial charge in [-0.05, 0) is 64.3 Å². The van der Waals surface area contributed by atoms with E-state index in [1.165, 1.54) is 31.5 Å². The van der Waals surface area contributed by atoms with Crippen LogP contribution in [-0.4, -0.2) is 62.9 Å². The second-order valence-electron chi connectivity index (χ2n) is 7.85. The van der Waals surface area contributed by atoms with E-state index in [9.17, 15) is 0 Å². The summed E-state index contributed by atoms with van der Waals surface area (Å²) in [5.74, 6) is 1.79. The van der Waals surface area contributed by atoms with Crippen LogP contribution in [0.2, 0.25) is 0 Å². The van der Waals surface area contributed by atoms with Crippen molar-refractivity contribution in [1.82, 2.24) is 15.5 Å². The number of hydrogen-bond donors (Lipinski definition) is 2. The number of nitrogens with zero attached hydrogens (tertiary/aromatic N) is 2. The van der Waals surface area contributed by atoms with Crippen LogP contribution in [0.4, 0.5) is 0 Å². The van der Waals surface area contributed by atoms with E-state index in [-0.39, 0.29) is 5.54 Å². The number of ether oxygens (including phenoxy) is 2. The summed E-state index contributed by atoms with van der Waals surface area (Å²) in [5, 5.41) is 7.05. The van der Waals surface area contributed by atoms with Gasteiger partial charge in [0.15, 0.2) is 5.96 Å². The van der Waals surface area contributed by atoms with E-state index in [0.717, 1.165) is 49.9 Å². The van der Waals surface area contributed by atoms with Crippen LogP contribution in [0.25, 0.3) is 0 Å². The number of hydrogen-bond acceptors (Lipinski definition) is 4. The van der Waals surface area contributed by atoms with E-state index < -0.39 is 0 Å². The van der Waals surface area contributed by atoms with Crippen molar-refractivity contribution in [1.29, 1.82) is 0 Å². The Hall–Kier alpha value is -1.79. The van der Waals surface area contributed by atoms with Crippen LogP contribution in [-0.2, 0) is 11.3 Å². The van der Waals surface area contributed by atoms with E-state index >= 15 is 0 Å². The van der Waals surface area contributed by atoms with Crippen molar-refractivity contribution in [3.63, 3.8) is 0 Å². The lowest BCUT2D eigenvalue weighted by Gasteiger charge is -2.45. The molecule has 6 nitrogen and oxygen atoms in total. The van der Waals surface area contributed by atoms with Gasteiger partial charge >= 0.3 is 0 Å². The van der Waals surface area contributed by atoms with Gasteiger partial charge in [0.25, 0.3) is 0 Å². The number of guanidine groups is 1. The zero-order valence-corrected chi connectivity index (χ0v) is 17.7. The molecule has 2 saturated heterocycles. The predicted octanol–water partition coefficient (Wildman–Crippen LogP) is 2.70. The lowest BCUT2D eigenvalue weighted by Crippen LogP contribution is -2.58. The quantitative estimate of drug-likeness (QED) is 0.556. The third-order valence-corrected chi connectivity index (χ3v) is 5.98. The van der Waals surface area contributed by atoms with Crippen molar-refractivity contribution in [3.8, 4) is 5.75 Å². The summed E-state index contributed by atoms with van der Waals surface area (Å²) in [6.07, 6.45) is 4.79. The summed E-state index contributed by atoms with van der Waals surface area (Å²) in [5.41, 5.74) is 2.55. The highest BCUT2D eigenvalue weighted by Crippen LogP contribution is 2.30. The Morgan fingerprint density at radius 1 is 1.21 bits per heavy atom. The number of benzene rings is 1. The van der Waals surface area contributed by atoms with Crippen molar-refractivity contribution in [2.45, 2.75) is 51.6 Å². The SMILES string of the molecule is CCOc1cc(C)ccc1CNC(=NC)NCC1(N2CCCC2)CCOCC1. The molecule has 0 radical (unpaired) electrons. The van der Waals surface area contributed by atoms with E-state index in [4.69, 9.17) is 9.47 Å². The highest BCUT2D eigenvalue weighted by Gasteiger charge is 2.39. The normalized spacial score (nSPS) is 20.2. The summed E-state index contributed by atoms with van der Waals surface area (Å²) < 4.78 is 11.5. The maximum absolute atomic E-state index is 5.80. The Morgan fingerprint density at radius 2 is 1.96 bits per heavy atom. The maximum Gasteiger partial charge on any atom is 0.191 e. The molecule has 28 heavy (non-hydrogen) atoms. The molecule has 2 N–H and O–H groups in total. The molecule has 0 aromatic heterocycles. The summed E-state index contributed by atoms with van der Waals surface area (Å²) in [7, 11) is 1.83. The van der Waals surface area contributed by atoms with Crippen molar-refractivity contribution >= 4 is 5.96 Å². The van der Waals surface area contributed by atoms with E-state index in [1.54, 1.807) is 0 Å². The average molecular weight is 389 g/mol. The monoisotopic (exact) mass is 388 g/mol. The summed E-state index contributed by atoms with van der Waals surface area (Å²) >= 11 is 0. The van der Waals surface area contributed by atoms with Crippen LogP contribution in [0.5, 0.6) is 5.75 Å². The summed E-state index contributed by atoms with van der Waals surface area (Å²) in [4.78, 5) is 7.11. The van der Waals surface area contributed by atoms with Crippen molar-refractivity contribution in [3.05, 3.63) is 29.3 Å². The van der Waals surface area contributed by atoms with Crippen LogP contribution in [0, 0.1) is 6.92 Å². The van der Waals surface area contributed by atoms with Crippen LogP contribution in [0.3, 0.4) is 0 Å². The first-order chi connectivity index (χ1) is 13.7. The number of likely N-dealkylation sites (tertiary alicyclic amines) is 1. The van der Waals surface area contributed by atoms with Gasteiger partial charge in [-0.15, -0.1) is 0 Å². The lowest BCUT2D eigenvalue weighted by atomic mass is 9.88. The molecule has 0 bridgehead atoms. The third-order valence-electron chi connectivity index (χ3n) is 5.98. The molecule has 0 unspecified atom stereocenters. The molecule has 0 aliphatic carbocycles. The molecule has 6 heteroatoms. The van der Waals surface area contributed by atoms with Gasteiger partial charge in [-0.2, -0.15) is 0 Å². The zero-order chi connectivity index (χ0) is 19.8. The van der Waals surface area contributed by atoms with Gasteiger partial charge in [0, 0.05) is 44.5 Å². The Balaban J connectivity index is 1.60. The third kappa shape index (κ3) is 5.17. The summed E-state index contributed by atoms with van der Waals surface area (Å²) in [6.45, 7) is 10.5. The van der Waals surface area contributed by atoms with Gasteiger partial charge < -0.3 is 20.1 Å². The first-order valence-electron chi connectivity index (χ1n) is 10.7. The molecule has 0 atom stereocenters. The predicted molar refractivity (Wildman–Crippen MR) is 114 cm³/mol. The smallest absolute Gasteiger partial charge is 0.191 e. The topological polar surface area (TPSA) is 58.1 Å². The van der Waals surface area contributed by atoms with Crippen LogP contribution in [0.15, 0.2) is 23.2 Å². The largest absolute Gasteiger partial charge is 0.494 e. The minimum absolute atomic E-state index is 0.187. The highest BCUT2D eigenvalue weighted by atomic mass is 16.5. The molecular weight excluding hydrogens is 352 g/mol. The molecule has 156 valence electrons. The lowest BCUT2D eigenvalue weighted by molar-refractivity contribution is -0.0164. The molecule has 2 fully saturated rings. The molecule has 2 aliphatic rings. The van der Waals surface area contributed by atoms with Crippen LogP contribution in [0.1, 0.15) is 43.7 Å². The van der Waals surface area contributed by atoms with Gasteiger partial charge in [-0.25, -0.2) is 0 Å². The second kappa shape index (κ2) is 10.1. The van der Waals surface area contributed by atoms with E-state index in [2.05, 4.69) is 45.6 Å². The molecule has 0 saturated carbocycles. The summed E-state index contributed by atoms with van der Waals surface area (Å²) in [6, 6.07) is 6.35. The fourth-order valence-electron chi connectivity index (χ4n) is 4.29. The van der Waals surface area contributed by atoms with Gasteiger partial charge in [0.1, 0.15) is 5.75 Å². The maximum atomic E-state index is 5.80. The van der Waals surface area contributed by atoms with Crippen LogP contribution >= 0.6 is 0 Å². The van der Waals surface area contributed by atoms with Crippen molar-refractivity contribution in [2.24, 2.45) is 4.99 Å². The second-order valence-corrected chi connectivity index (χ2v) is 7.85. The number of aliphatic imine (C=N–C) groups is 1. The van der Waals surface area contributed by atoms with Gasteiger partial charge in [-0.3, -0.25) is 9.89 Å². The first-order valence-corrected chi connectivity index (χ1v) is 10.7. The van der Waals surface area contributed by atoms with Crippen LogP contribution < -0.4 is 15.4 Å². The first kappa shape index (κ1) is 20.9. The van der Waals surface area contributed by atoms with E-state index in [1.807, 2.05) is 14.0 Å².